The Labute approximate surface area is 169 Å². The van der Waals surface area contributed by atoms with Crippen molar-refractivity contribution in [1.82, 2.24) is 10.2 Å². The van der Waals surface area contributed by atoms with Gasteiger partial charge in [-0.3, -0.25) is 4.79 Å². The number of methoxy groups -OCH3 is 1. The van der Waals surface area contributed by atoms with Crippen molar-refractivity contribution in [2.24, 2.45) is 0 Å². The molecule has 0 radical (unpaired) electrons. The van der Waals surface area contributed by atoms with Crippen LogP contribution in [0.25, 0.3) is 11.1 Å². The number of phenols is 1. The number of anilines is 1. The molecule has 3 rings (SSSR count). The number of nitrogens with zero attached hydrogens (tertiary/aromatic N) is 2. The molecule has 138 valence electrons. The number of hydrogen-bond donors (Lipinski definition) is 2. The van der Waals surface area contributed by atoms with Gasteiger partial charge in [0.1, 0.15) is 0 Å². The molecular weight excluding hydrogens is 409 g/mol. The Kier molecular flexibility index (Phi) is 5.95. The monoisotopic (exact) mass is 421 g/mol. The average molecular weight is 422 g/mol. The molecular formula is C18H13Cl2N3O3S. The standard InChI is InChI=1S/C18H13Cl2N3O3S/c1-26-14-9-10(7-12(19)15(14)24)8-13(20)17-22-23-18(27-17)16(25)21-11-5-3-2-4-6-11/h2-9,24H,1H3,(H,21,25)/b13-8-. The Morgan fingerprint density at radius 3 is 2.63 bits per heavy atom. The van der Waals surface area contributed by atoms with Gasteiger partial charge < -0.3 is 15.2 Å². The summed E-state index contributed by atoms with van der Waals surface area (Å²) >= 11 is 13.3. The number of carbonyl (C=O) groups is 1. The lowest BCUT2D eigenvalue weighted by molar-refractivity contribution is 0.102. The van der Waals surface area contributed by atoms with Gasteiger partial charge in [0.2, 0.25) is 5.01 Å². The van der Waals surface area contributed by atoms with Crippen molar-refractivity contribution in [3.8, 4) is 11.5 Å². The van der Waals surface area contributed by atoms with E-state index in [0.29, 0.717) is 16.3 Å². The molecule has 0 saturated carbocycles. The van der Waals surface area contributed by atoms with Crippen LogP contribution in [0.2, 0.25) is 5.02 Å². The van der Waals surface area contributed by atoms with Gasteiger partial charge >= 0.3 is 0 Å². The highest BCUT2D eigenvalue weighted by molar-refractivity contribution is 7.15. The molecule has 0 aliphatic rings. The van der Waals surface area contributed by atoms with Crippen LogP contribution in [-0.2, 0) is 0 Å². The maximum atomic E-state index is 12.2. The molecule has 1 aromatic heterocycles. The number of ether oxygens (including phenoxy) is 1. The minimum Gasteiger partial charge on any atom is -0.503 e. The zero-order valence-corrected chi connectivity index (χ0v) is 16.3. The number of aromatic nitrogens is 2. The molecule has 9 heteroatoms. The first kappa shape index (κ1) is 19.2. The second-order valence-corrected chi connectivity index (χ2v) is 7.07. The highest BCUT2D eigenvalue weighted by Crippen LogP contribution is 2.36. The van der Waals surface area contributed by atoms with E-state index in [2.05, 4.69) is 15.5 Å². The summed E-state index contributed by atoms with van der Waals surface area (Å²) in [7, 11) is 1.42. The van der Waals surface area contributed by atoms with Gasteiger partial charge in [-0.1, -0.05) is 52.7 Å². The Morgan fingerprint density at radius 2 is 1.93 bits per heavy atom. The SMILES string of the molecule is COc1cc(/C=C(\Cl)c2nnc(C(=O)Nc3ccccc3)s2)cc(Cl)c1O. The zero-order valence-electron chi connectivity index (χ0n) is 13.9. The smallest absolute Gasteiger partial charge is 0.286 e. The molecule has 0 unspecified atom stereocenters. The van der Waals surface area contributed by atoms with Crippen molar-refractivity contribution in [1.29, 1.82) is 0 Å². The first-order valence-corrected chi connectivity index (χ1v) is 9.19. The summed E-state index contributed by atoms with van der Waals surface area (Å²) in [5.74, 6) is -0.301. The Bertz CT molecular complexity index is 1010. The Balaban J connectivity index is 1.80. The maximum Gasteiger partial charge on any atom is 0.286 e. The van der Waals surface area contributed by atoms with E-state index in [4.69, 9.17) is 27.9 Å². The van der Waals surface area contributed by atoms with E-state index in [-0.39, 0.29) is 32.5 Å². The molecule has 2 N–H and O–H groups in total. The molecule has 0 spiro atoms. The molecule has 3 aromatic rings. The summed E-state index contributed by atoms with van der Waals surface area (Å²) in [6.45, 7) is 0. The molecule has 0 atom stereocenters. The number of rotatable bonds is 5. The summed E-state index contributed by atoms with van der Waals surface area (Å²) in [5, 5.41) is 21.3. The van der Waals surface area contributed by atoms with Crippen LogP contribution in [-0.4, -0.2) is 28.3 Å². The summed E-state index contributed by atoms with van der Waals surface area (Å²) in [6.07, 6.45) is 1.59. The van der Waals surface area contributed by atoms with Crippen LogP contribution >= 0.6 is 34.5 Å². The number of amides is 1. The number of halogens is 2. The van der Waals surface area contributed by atoms with E-state index in [0.717, 1.165) is 11.3 Å². The quantitative estimate of drug-likeness (QED) is 0.611. The highest BCUT2D eigenvalue weighted by Gasteiger charge is 2.15. The van der Waals surface area contributed by atoms with E-state index in [1.807, 2.05) is 18.2 Å². The lowest BCUT2D eigenvalue weighted by atomic mass is 10.2. The van der Waals surface area contributed by atoms with Crippen molar-refractivity contribution in [2.45, 2.75) is 0 Å². The van der Waals surface area contributed by atoms with Crippen molar-refractivity contribution in [3.63, 3.8) is 0 Å². The molecule has 2 aromatic carbocycles. The molecule has 6 nitrogen and oxygen atoms in total. The van der Waals surface area contributed by atoms with E-state index < -0.39 is 0 Å². The fourth-order valence-corrected chi connectivity index (χ4v) is 3.30. The topological polar surface area (TPSA) is 84.3 Å². The second kappa shape index (κ2) is 8.39. The van der Waals surface area contributed by atoms with Crippen LogP contribution in [0, 0.1) is 0 Å². The number of aromatic hydroxyl groups is 1. The van der Waals surface area contributed by atoms with E-state index in [1.54, 1.807) is 24.3 Å². The lowest BCUT2D eigenvalue weighted by Gasteiger charge is -2.06. The predicted molar refractivity (Wildman–Crippen MR) is 108 cm³/mol. The Hall–Kier alpha value is -2.61. The number of carbonyl (C=O) groups excluding carboxylic acids is 1. The molecule has 0 saturated heterocycles. The fraction of sp³-hybridized carbons (Fsp3) is 0.0556. The van der Waals surface area contributed by atoms with Crippen LogP contribution in [0.1, 0.15) is 20.4 Å². The van der Waals surface area contributed by atoms with Gasteiger partial charge in [0.05, 0.1) is 17.2 Å². The minimum absolute atomic E-state index is 0.130. The minimum atomic E-state index is -0.372. The van der Waals surface area contributed by atoms with Gasteiger partial charge in [0.15, 0.2) is 16.5 Å². The van der Waals surface area contributed by atoms with Crippen LogP contribution in [0.4, 0.5) is 5.69 Å². The van der Waals surface area contributed by atoms with Crippen molar-refractivity contribution >= 4 is 57.2 Å². The van der Waals surface area contributed by atoms with Crippen LogP contribution < -0.4 is 10.1 Å². The number of hydrogen-bond acceptors (Lipinski definition) is 6. The third-order valence-corrected chi connectivity index (χ3v) is 5.06. The third kappa shape index (κ3) is 4.57. The number of nitrogens with one attached hydrogen (secondary N) is 1. The maximum absolute atomic E-state index is 12.2. The fourth-order valence-electron chi connectivity index (χ4n) is 2.16. The lowest BCUT2D eigenvalue weighted by Crippen LogP contribution is -2.11. The Morgan fingerprint density at radius 1 is 1.22 bits per heavy atom. The molecule has 0 aliphatic heterocycles. The molecule has 27 heavy (non-hydrogen) atoms. The van der Waals surface area contributed by atoms with Crippen molar-refractivity contribution < 1.29 is 14.6 Å². The normalized spacial score (nSPS) is 11.3. The van der Waals surface area contributed by atoms with E-state index in [1.165, 1.54) is 13.2 Å². The number of benzene rings is 2. The molecule has 0 fully saturated rings. The van der Waals surface area contributed by atoms with Gasteiger partial charge in [-0.2, -0.15) is 0 Å². The third-order valence-electron chi connectivity index (χ3n) is 3.42. The second-order valence-electron chi connectivity index (χ2n) is 5.28. The predicted octanol–water partition coefficient (Wildman–Crippen LogP) is 4.89. The first-order chi connectivity index (χ1) is 13.0. The van der Waals surface area contributed by atoms with Gasteiger partial charge in [-0.15, -0.1) is 10.2 Å². The van der Waals surface area contributed by atoms with Crippen molar-refractivity contribution in [3.05, 3.63) is 63.1 Å². The van der Waals surface area contributed by atoms with Crippen molar-refractivity contribution in [2.75, 3.05) is 12.4 Å². The van der Waals surface area contributed by atoms with Gasteiger partial charge in [0.25, 0.3) is 5.91 Å². The van der Waals surface area contributed by atoms with Gasteiger partial charge in [0, 0.05) is 5.69 Å². The van der Waals surface area contributed by atoms with Gasteiger partial charge in [-0.05, 0) is 35.9 Å². The van der Waals surface area contributed by atoms with E-state index in [9.17, 15) is 9.90 Å². The number of phenolic OH excluding ortho intramolecular Hbond substituents is 1. The first-order valence-electron chi connectivity index (χ1n) is 7.62. The molecule has 0 bridgehead atoms. The molecule has 1 heterocycles. The zero-order chi connectivity index (χ0) is 19.4. The average Bonchev–Trinajstić information content (AvgIpc) is 3.16. The van der Waals surface area contributed by atoms with Crippen LogP contribution in [0.5, 0.6) is 11.5 Å². The summed E-state index contributed by atoms with van der Waals surface area (Å²) in [4.78, 5) is 12.2. The largest absolute Gasteiger partial charge is 0.503 e. The summed E-state index contributed by atoms with van der Waals surface area (Å²) in [5.41, 5.74) is 1.26. The molecule has 1 amide bonds. The van der Waals surface area contributed by atoms with E-state index >= 15 is 0 Å². The van der Waals surface area contributed by atoms with Gasteiger partial charge in [-0.25, -0.2) is 0 Å². The van der Waals surface area contributed by atoms with Crippen LogP contribution in [0.15, 0.2) is 42.5 Å². The molecule has 0 aliphatic carbocycles. The number of para-hydroxylation sites is 1. The van der Waals surface area contributed by atoms with Crippen LogP contribution in [0.3, 0.4) is 0 Å². The summed E-state index contributed by atoms with van der Waals surface area (Å²) in [6, 6.07) is 12.1. The summed E-state index contributed by atoms with van der Waals surface area (Å²) < 4.78 is 5.06. The highest BCUT2D eigenvalue weighted by atomic mass is 35.5.